The van der Waals surface area contributed by atoms with Crippen LogP contribution in [0.2, 0.25) is 0 Å². The molecule has 0 bridgehead atoms. The molecule has 9 heteroatoms. The molecule has 1 unspecified atom stereocenters. The average Bonchev–Trinajstić information content (AvgIpc) is 3.36. The first-order valence-corrected chi connectivity index (χ1v) is 11.4. The third-order valence-electron chi connectivity index (χ3n) is 6.09. The van der Waals surface area contributed by atoms with Gasteiger partial charge in [-0.05, 0) is 48.1 Å². The summed E-state index contributed by atoms with van der Waals surface area (Å²) in [6, 6.07) is 13.7. The first-order valence-electron chi connectivity index (χ1n) is 11.4. The second-order valence-corrected chi connectivity index (χ2v) is 8.42. The molecular formula is C26H28N4O5. The Kier molecular flexibility index (Phi) is 7.14. The van der Waals surface area contributed by atoms with E-state index in [0.29, 0.717) is 43.1 Å². The van der Waals surface area contributed by atoms with E-state index in [1.165, 1.54) is 11.8 Å². The number of methoxy groups -OCH3 is 1. The zero-order valence-electron chi connectivity index (χ0n) is 19.7. The second kappa shape index (κ2) is 10.4. The molecule has 0 aliphatic carbocycles. The van der Waals surface area contributed by atoms with Crippen LogP contribution in [-0.2, 0) is 25.7 Å². The number of benzene rings is 2. The molecule has 0 radical (unpaired) electrons. The van der Waals surface area contributed by atoms with Crippen LogP contribution in [0.1, 0.15) is 37.0 Å². The number of pyridine rings is 1. The van der Waals surface area contributed by atoms with Gasteiger partial charge in [0.25, 0.3) is 5.91 Å². The Labute approximate surface area is 203 Å². The predicted octanol–water partition coefficient (Wildman–Crippen LogP) is 2.74. The van der Waals surface area contributed by atoms with Gasteiger partial charge in [0.2, 0.25) is 12.0 Å². The van der Waals surface area contributed by atoms with Crippen LogP contribution < -0.4 is 15.8 Å². The summed E-state index contributed by atoms with van der Waals surface area (Å²) in [5, 5.41) is 4.72. The molecule has 1 aromatic heterocycles. The molecule has 182 valence electrons. The van der Waals surface area contributed by atoms with Crippen molar-refractivity contribution >= 4 is 34.4 Å². The maximum absolute atomic E-state index is 13.4. The Bertz CT molecular complexity index is 1240. The van der Waals surface area contributed by atoms with Crippen LogP contribution in [-0.4, -0.2) is 47.4 Å². The Morgan fingerprint density at radius 3 is 2.66 bits per heavy atom. The van der Waals surface area contributed by atoms with Gasteiger partial charge < -0.3 is 25.4 Å². The molecule has 2 atom stereocenters. The van der Waals surface area contributed by atoms with Crippen molar-refractivity contribution in [2.75, 3.05) is 19.4 Å². The predicted molar refractivity (Wildman–Crippen MR) is 130 cm³/mol. The number of nitrogens with zero attached hydrogens (tertiary/aromatic N) is 2. The fraction of sp³-hybridized carbons (Fsp3) is 0.308. The number of esters is 1. The minimum atomic E-state index is -1.13. The van der Waals surface area contributed by atoms with Crippen molar-refractivity contribution in [2.45, 2.75) is 38.5 Å². The van der Waals surface area contributed by atoms with Crippen LogP contribution in [0.4, 0.5) is 5.82 Å². The van der Waals surface area contributed by atoms with Crippen LogP contribution in [0.3, 0.4) is 0 Å². The van der Waals surface area contributed by atoms with E-state index in [2.05, 4.69) is 10.3 Å². The summed E-state index contributed by atoms with van der Waals surface area (Å²) in [6.07, 6.45) is 1.73. The Balaban J connectivity index is 1.47. The maximum atomic E-state index is 13.4. The molecule has 0 spiro atoms. The Hall–Kier alpha value is -4.14. The highest BCUT2D eigenvalue weighted by Gasteiger charge is 2.39. The lowest BCUT2D eigenvalue weighted by atomic mass is 10.1. The Morgan fingerprint density at radius 2 is 1.94 bits per heavy atom. The van der Waals surface area contributed by atoms with Crippen molar-refractivity contribution in [3.8, 4) is 5.75 Å². The highest BCUT2D eigenvalue weighted by Crippen LogP contribution is 2.28. The minimum Gasteiger partial charge on any atom is -0.497 e. The van der Waals surface area contributed by atoms with Crippen molar-refractivity contribution in [1.29, 1.82) is 0 Å². The van der Waals surface area contributed by atoms with E-state index in [0.717, 1.165) is 16.3 Å². The number of likely N-dealkylation sites (tertiary alicyclic amines) is 1. The molecule has 3 N–H and O–H groups in total. The van der Waals surface area contributed by atoms with Gasteiger partial charge in [0.15, 0.2) is 0 Å². The molecule has 1 aliphatic heterocycles. The molecule has 3 aromatic rings. The smallest absolute Gasteiger partial charge is 0.303 e. The van der Waals surface area contributed by atoms with E-state index < -0.39 is 24.0 Å². The van der Waals surface area contributed by atoms with Gasteiger partial charge in [0.1, 0.15) is 17.6 Å². The molecule has 2 aromatic carbocycles. The van der Waals surface area contributed by atoms with Crippen LogP contribution in [0.5, 0.6) is 5.75 Å². The summed E-state index contributed by atoms with van der Waals surface area (Å²) in [6.45, 7) is 1.97. The number of hydrogen-bond acceptors (Lipinski definition) is 7. The van der Waals surface area contributed by atoms with Gasteiger partial charge in [-0.3, -0.25) is 14.4 Å². The monoisotopic (exact) mass is 476 g/mol. The van der Waals surface area contributed by atoms with Gasteiger partial charge in [0.05, 0.1) is 7.11 Å². The van der Waals surface area contributed by atoms with E-state index in [4.69, 9.17) is 15.2 Å². The molecule has 4 rings (SSSR count). The molecule has 0 saturated carbocycles. The quantitative estimate of drug-likeness (QED) is 0.503. The average molecular weight is 477 g/mol. The number of hydrogen-bond donors (Lipinski definition) is 2. The number of rotatable bonds is 7. The summed E-state index contributed by atoms with van der Waals surface area (Å²) < 4.78 is 10.5. The van der Waals surface area contributed by atoms with Gasteiger partial charge in [-0.25, -0.2) is 4.98 Å². The number of carbonyl (C=O) groups is 3. The van der Waals surface area contributed by atoms with Crippen LogP contribution in [0, 0.1) is 0 Å². The SMILES string of the molecule is COc1ccc(C(OC(C)=O)C(=O)N2CCC[C@H]2C(=O)NCc2ccc3c(N)nccc3c2)cc1. The van der Waals surface area contributed by atoms with E-state index >= 15 is 0 Å². The summed E-state index contributed by atoms with van der Waals surface area (Å²) in [5.41, 5.74) is 7.33. The third kappa shape index (κ3) is 5.34. The van der Waals surface area contributed by atoms with Gasteiger partial charge >= 0.3 is 5.97 Å². The molecule has 2 amide bonds. The Morgan fingerprint density at radius 1 is 1.17 bits per heavy atom. The van der Waals surface area contributed by atoms with Gasteiger partial charge in [-0.1, -0.05) is 24.3 Å². The lowest BCUT2D eigenvalue weighted by Crippen LogP contribution is -2.47. The van der Waals surface area contributed by atoms with Crippen molar-refractivity contribution in [3.05, 3.63) is 65.9 Å². The second-order valence-electron chi connectivity index (χ2n) is 8.42. The van der Waals surface area contributed by atoms with Crippen LogP contribution in [0.25, 0.3) is 10.8 Å². The number of nitrogen functional groups attached to an aromatic ring is 1. The topological polar surface area (TPSA) is 124 Å². The molecule has 1 aliphatic rings. The number of fused-ring (bicyclic) bond motifs is 1. The normalized spacial score (nSPS) is 16.1. The highest BCUT2D eigenvalue weighted by molar-refractivity contribution is 5.92. The van der Waals surface area contributed by atoms with Gasteiger partial charge in [0, 0.05) is 37.2 Å². The molecule has 1 fully saturated rings. The van der Waals surface area contributed by atoms with Crippen molar-refractivity contribution in [2.24, 2.45) is 0 Å². The lowest BCUT2D eigenvalue weighted by Gasteiger charge is -2.28. The molecular weight excluding hydrogens is 448 g/mol. The summed E-state index contributed by atoms with van der Waals surface area (Å²) in [4.78, 5) is 43.8. The number of nitrogens with one attached hydrogen (secondary N) is 1. The first kappa shape index (κ1) is 24.0. The number of ether oxygens (including phenoxy) is 2. The third-order valence-corrected chi connectivity index (χ3v) is 6.09. The number of anilines is 1. The molecule has 1 saturated heterocycles. The van der Waals surface area contributed by atoms with Crippen molar-refractivity contribution in [1.82, 2.24) is 15.2 Å². The van der Waals surface area contributed by atoms with Crippen molar-refractivity contribution < 1.29 is 23.9 Å². The summed E-state index contributed by atoms with van der Waals surface area (Å²) >= 11 is 0. The molecule has 9 nitrogen and oxygen atoms in total. The number of nitrogens with two attached hydrogens (primary N) is 1. The highest BCUT2D eigenvalue weighted by atomic mass is 16.5. The first-order chi connectivity index (χ1) is 16.9. The number of carbonyl (C=O) groups excluding carboxylic acids is 3. The van der Waals surface area contributed by atoms with Crippen LogP contribution >= 0.6 is 0 Å². The lowest BCUT2D eigenvalue weighted by molar-refractivity contribution is -0.160. The standard InChI is InChI=1S/C26H28N4O5/c1-16(31)35-23(18-6-8-20(34-2)9-7-18)26(33)30-13-3-4-22(30)25(32)29-15-17-5-10-21-19(14-17)11-12-28-24(21)27/h5-12,14,22-23H,3-4,13,15H2,1-2H3,(H2,27,28)(H,29,32)/t22-,23?/m0/s1. The maximum Gasteiger partial charge on any atom is 0.303 e. The fourth-order valence-corrected chi connectivity index (χ4v) is 4.33. The zero-order valence-corrected chi connectivity index (χ0v) is 19.7. The van der Waals surface area contributed by atoms with Gasteiger partial charge in [-0.2, -0.15) is 0 Å². The minimum absolute atomic E-state index is 0.249. The largest absolute Gasteiger partial charge is 0.497 e. The van der Waals surface area contributed by atoms with E-state index in [9.17, 15) is 14.4 Å². The zero-order chi connectivity index (χ0) is 24.9. The van der Waals surface area contributed by atoms with E-state index in [1.807, 2.05) is 24.3 Å². The number of aromatic nitrogens is 1. The summed E-state index contributed by atoms with van der Waals surface area (Å²) in [5.74, 6) is -0.170. The van der Waals surface area contributed by atoms with Gasteiger partial charge in [-0.15, -0.1) is 0 Å². The van der Waals surface area contributed by atoms with Crippen molar-refractivity contribution in [3.63, 3.8) is 0 Å². The number of amides is 2. The summed E-state index contributed by atoms with van der Waals surface area (Å²) in [7, 11) is 1.54. The molecule has 35 heavy (non-hydrogen) atoms. The van der Waals surface area contributed by atoms with E-state index in [-0.39, 0.29) is 5.91 Å². The van der Waals surface area contributed by atoms with Crippen LogP contribution in [0.15, 0.2) is 54.7 Å². The molecule has 2 heterocycles. The van der Waals surface area contributed by atoms with E-state index in [1.54, 1.807) is 37.6 Å². The fourth-order valence-electron chi connectivity index (χ4n) is 4.33.